The van der Waals surface area contributed by atoms with Crippen LogP contribution in [0, 0.1) is 5.41 Å². The lowest BCUT2D eigenvalue weighted by Crippen LogP contribution is -2.46. The maximum atomic E-state index is 11.9. The van der Waals surface area contributed by atoms with Gasteiger partial charge in [0.2, 0.25) is 5.91 Å². The smallest absolute Gasteiger partial charge is 0.305 e. The maximum absolute atomic E-state index is 11.9. The molecule has 112 valence electrons. The normalized spacial score (nSPS) is 13.0. The Balaban J connectivity index is 2.64. The van der Waals surface area contributed by atoms with E-state index in [1.807, 2.05) is 20.8 Å². The van der Waals surface area contributed by atoms with Crippen LogP contribution in [0.1, 0.15) is 32.9 Å². The Morgan fingerprint density at radius 2 is 2.15 bits per heavy atom. The lowest BCUT2D eigenvalue weighted by Gasteiger charge is -2.30. The van der Waals surface area contributed by atoms with Crippen LogP contribution in [0.4, 0.5) is 0 Å². The number of nitrogens with two attached hydrogens (primary N) is 1. The van der Waals surface area contributed by atoms with Crippen molar-refractivity contribution >= 4 is 11.9 Å². The van der Waals surface area contributed by atoms with Crippen LogP contribution in [0.3, 0.4) is 0 Å². The molecule has 8 heteroatoms. The molecule has 1 amide bonds. The van der Waals surface area contributed by atoms with Crippen LogP contribution in [-0.2, 0) is 22.7 Å². The number of nitrogens with zero attached hydrogens (tertiary/aromatic N) is 3. The van der Waals surface area contributed by atoms with Gasteiger partial charge in [-0.3, -0.25) is 9.59 Å². The number of carbonyl (C=O) groups is 2. The van der Waals surface area contributed by atoms with E-state index in [0.717, 1.165) is 0 Å². The van der Waals surface area contributed by atoms with Crippen LogP contribution in [0.2, 0.25) is 0 Å². The molecule has 0 fully saturated rings. The van der Waals surface area contributed by atoms with E-state index >= 15 is 0 Å². The van der Waals surface area contributed by atoms with Crippen molar-refractivity contribution in [1.82, 2.24) is 20.3 Å². The van der Waals surface area contributed by atoms with Crippen molar-refractivity contribution in [3.63, 3.8) is 0 Å². The van der Waals surface area contributed by atoms with Crippen molar-refractivity contribution in [3.05, 3.63) is 11.9 Å². The zero-order chi connectivity index (χ0) is 15.3. The lowest BCUT2D eigenvalue weighted by atomic mass is 9.84. The van der Waals surface area contributed by atoms with E-state index in [9.17, 15) is 9.59 Å². The fourth-order valence-electron chi connectivity index (χ4n) is 1.64. The summed E-state index contributed by atoms with van der Waals surface area (Å²) in [5.74, 6) is -1.25. The molecule has 1 aromatic heterocycles. The van der Waals surface area contributed by atoms with E-state index in [1.165, 1.54) is 4.68 Å². The second kappa shape index (κ2) is 6.47. The minimum Gasteiger partial charge on any atom is -0.481 e. The molecule has 0 aliphatic carbocycles. The number of aromatic nitrogens is 3. The Kier molecular flexibility index (Phi) is 5.20. The Hall–Kier alpha value is -1.96. The van der Waals surface area contributed by atoms with Gasteiger partial charge in [0.15, 0.2) is 0 Å². The van der Waals surface area contributed by atoms with Gasteiger partial charge in [0.1, 0.15) is 6.54 Å². The molecule has 1 heterocycles. The number of carboxylic acids is 1. The van der Waals surface area contributed by atoms with Gasteiger partial charge in [-0.15, -0.1) is 5.10 Å². The van der Waals surface area contributed by atoms with Crippen molar-refractivity contribution in [2.24, 2.45) is 11.1 Å². The molecule has 0 saturated carbocycles. The summed E-state index contributed by atoms with van der Waals surface area (Å²) in [6, 6.07) is -0.454. The minimum atomic E-state index is -0.948. The molecule has 1 atom stereocenters. The molecule has 20 heavy (non-hydrogen) atoms. The summed E-state index contributed by atoms with van der Waals surface area (Å²) in [5.41, 5.74) is 5.65. The summed E-state index contributed by atoms with van der Waals surface area (Å²) in [6.07, 6.45) is 1.46. The standard InChI is InChI=1S/C12H21N5O3/c1-12(2,3)9(4-11(19)20)14-10(18)7-17-6-8(5-13)15-16-17/h6,9H,4-5,7,13H2,1-3H3,(H,14,18)(H,19,20). The summed E-state index contributed by atoms with van der Waals surface area (Å²) < 4.78 is 1.37. The van der Waals surface area contributed by atoms with Crippen molar-refractivity contribution in [2.75, 3.05) is 0 Å². The van der Waals surface area contributed by atoms with E-state index in [-0.39, 0.29) is 30.8 Å². The summed E-state index contributed by atoms with van der Waals surface area (Å²) in [5, 5.41) is 19.2. The monoisotopic (exact) mass is 283 g/mol. The molecular weight excluding hydrogens is 262 g/mol. The van der Waals surface area contributed by atoms with Crippen LogP contribution in [0.5, 0.6) is 0 Å². The Bertz CT molecular complexity index is 478. The van der Waals surface area contributed by atoms with Crippen LogP contribution in [0.15, 0.2) is 6.20 Å². The SMILES string of the molecule is CC(C)(C)C(CC(=O)O)NC(=O)Cn1cc(CN)nn1. The fraction of sp³-hybridized carbons (Fsp3) is 0.667. The molecule has 1 aromatic rings. The van der Waals surface area contributed by atoms with Crippen LogP contribution in [-0.4, -0.2) is 38.0 Å². The van der Waals surface area contributed by atoms with Crippen LogP contribution >= 0.6 is 0 Å². The molecule has 1 rings (SSSR count). The predicted octanol–water partition coefficient (Wildman–Crippen LogP) is -0.258. The van der Waals surface area contributed by atoms with E-state index in [1.54, 1.807) is 6.20 Å². The third kappa shape index (κ3) is 4.96. The first-order valence-corrected chi connectivity index (χ1v) is 6.32. The molecule has 8 nitrogen and oxygen atoms in total. The first-order valence-electron chi connectivity index (χ1n) is 6.32. The molecular formula is C12H21N5O3. The first kappa shape index (κ1) is 16.1. The Labute approximate surface area is 117 Å². The van der Waals surface area contributed by atoms with Crippen molar-refractivity contribution in [2.45, 2.75) is 46.3 Å². The molecule has 0 radical (unpaired) electrons. The summed E-state index contributed by atoms with van der Waals surface area (Å²) >= 11 is 0. The van der Waals surface area contributed by atoms with Gasteiger partial charge in [-0.25, -0.2) is 4.68 Å². The number of amides is 1. The highest BCUT2D eigenvalue weighted by molar-refractivity contribution is 5.77. The minimum absolute atomic E-state index is 0.0147. The van der Waals surface area contributed by atoms with Gasteiger partial charge in [0.05, 0.1) is 18.3 Å². The molecule has 4 N–H and O–H groups in total. The number of rotatable bonds is 6. The molecule has 0 saturated heterocycles. The highest BCUT2D eigenvalue weighted by Crippen LogP contribution is 2.21. The number of nitrogens with one attached hydrogen (secondary N) is 1. The maximum Gasteiger partial charge on any atom is 0.305 e. The molecule has 0 aliphatic heterocycles. The van der Waals surface area contributed by atoms with Gasteiger partial charge < -0.3 is 16.2 Å². The van der Waals surface area contributed by atoms with Crippen molar-refractivity contribution < 1.29 is 14.7 Å². The summed E-state index contributed by atoms with van der Waals surface area (Å²) in [7, 11) is 0. The topological polar surface area (TPSA) is 123 Å². The molecule has 0 spiro atoms. The third-order valence-corrected chi connectivity index (χ3v) is 2.86. The van der Waals surface area contributed by atoms with Gasteiger partial charge in [-0.2, -0.15) is 0 Å². The average Bonchev–Trinajstić information content (AvgIpc) is 2.74. The van der Waals surface area contributed by atoms with Crippen LogP contribution < -0.4 is 11.1 Å². The Morgan fingerprint density at radius 1 is 1.50 bits per heavy atom. The first-order chi connectivity index (χ1) is 9.22. The van der Waals surface area contributed by atoms with Gasteiger partial charge in [-0.05, 0) is 5.41 Å². The zero-order valence-corrected chi connectivity index (χ0v) is 12.0. The predicted molar refractivity (Wildman–Crippen MR) is 71.6 cm³/mol. The number of aliphatic carboxylic acids is 1. The number of carbonyl (C=O) groups excluding carboxylic acids is 1. The van der Waals surface area contributed by atoms with E-state index in [2.05, 4.69) is 15.6 Å². The third-order valence-electron chi connectivity index (χ3n) is 2.86. The fourth-order valence-corrected chi connectivity index (χ4v) is 1.64. The molecule has 1 unspecified atom stereocenters. The summed E-state index contributed by atoms with van der Waals surface area (Å²) in [4.78, 5) is 22.8. The van der Waals surface area contributed by atoms with Gasteiger partial charge in [-0.1, -0.05) is 26.0 Å². The quantitative estimate of drug-likeness (QED) is 0.661. The van der Waals surface area contributed by atoms with E-state index in [0.29, 0.717) is 5.69 Å². The molecule has 0 bridgehead atoms. The van der Waals surface area contributed by atoms with Crippen molar-refractivity contribution in [3.8, 4) is 0 Å². The second-order valence-electron chi connectivity index (χ2n) is 5.70. The van der Waals surface area contributed by atoms with Crippen molar-refractivity contribution in [1.29, 1.82) is 0 Å². The van der Waals surface area contributed by atoms with Crippen LogP contribution in [0.25, 0.3) is 0 Å². The zero-order valence-electron chi connectivity index (χ0n) is 12.0. The van der Waals surface area contributed by atoms with Gasteiger partial charge in [0.25, 0.3) is 0 Å². The largest absolute Gasteiger partial charge is 0.481 e. The molecule has 0 aromatic carbocycles. The average molecular weight is 283 g/mol. The van der Waals surface area contributed by atoms with Gasteiger partial charge in [0, 0.05) is 12.6 Å². The summed E-state index contributed by atoms with van der Waals surface area (Å²) in [6.45, 7) is 5.87. The van der Waals surface area contributed by atoms with Gasteiger partial charge >= 0.3 is 5.97 Å². The highest BCUT2D eigenvalue weighted by Gasteiger charge is 2.28. The lowest BCUT2D eigenvalue weighted by molar-refractivity contribution is -0.138. The number of hydrogen-bond donors (Lipinski definition) is 3. The Morgan fingerprint density at radius 3 is 2.60 bits per heavy atom. The highest BCUT2D eigenvalue weighted by atomic mass is 16.4. The second-order valence-corrected chi connectivity index (χ2v) is 5.70. The van der Waals surface area contributed by atoms with E-state index < -0.39 is 12.0 Å². The molecule has 0 aliphatic rings. The number of hydrogen-bond acceptors (Lipinski definition) is 5. The van der Waals surface area contributed by atoms with E-state index in [4.69, 9.17) is 10.8 Å². The number of carboxylic acid groups (broad SMARTS) is 1.